The molecule has 0 unspecified atom stereocenters. The number of hydrogen-bond donors (Lipinski definition) is 1. The molecule has 1 N–H and O–H groups in total. The zero-order chi connectivity index (χ0) is 21.8. The highest BCUT2D eigenvalue weighted by Gasteiger charge is 2.29. The maximum Gasteiger partial charge on any atom is 0.248 e. The van der Waals surface area contributed by atoms with Crippen LogP contribution in [-0.4, -0.2) is 38.8 Å². The Hall–Kier alpha value is -2.64. The SMILES string of the molecule is COc1ccc(C=CC(=O)Nc2ccc3c(c2)CCC3)cc1S(=O)(=O)N1CCCCC1. The van der Waals surface area contributed by atoms with Crippen molar-refractivity contribution in [2.24, 2.45) is 0 Å². The number of nitrogens with zero attached hydrogens (tertiary/aromatic N) is 1. The Morgan fingerprint density at radius 1 is 1.00 bits per heavy atom. The highest BCUT2D eigenvalue weighted by atomic mass is 32.2. The van der Waals surface area contributed by atoms with Gasteiger partial charge >= 0.3 is 0 Å². The summed E-state index contributed by atoms with van der Waals surface area (Å²) in [6, 6.07) is 11.0. The summed E-state index contributed by atoms with van der Waals surface area (Å²) in [5.41, 5.74) is 4.05. The van der Waals surface area contributed by atoms with Gasteiger partial charge in [-0.05, 0) is 79.1 Å². The van der Waals surface area contributed by atoms with Crippen molar-refractivity contribution >= 4 is 27.7 Å². The third-order valence-electron chi connectivity index (χ3n) is 5.91. The second-order valence-electron chi connectivity index (χ2n) is 8.03. The lowest BCUT2D eigenvalue weighted by atomic mass is 10.1. The lowest BCUT2D eigenvalue weighted by molar-refractivity contribution is -0.111. The molecule has 1 aliphatic heterocycles. The molecule has 2 aliphatic rings. The first-order chi connectivity index (χ1) is 15.0. The summed E-state index contributed by atoms with van der Waals surface area (Å²) >= 11 is 0. The largest absolute Gasteiger partial charge is 0.495 e. The fourth-order valence-corrected chi connectivity index (χ4v) is 5.96. The molecule has 164 valence electrons. The number of piperidine rings is 1. The van der Waals surface area contributed by atoms with Crippen molar-refractivity contribution in [3.05, 3.63) is 59.2 Å². The molecule has 4 rings (SSSR count). The van der Waals surface area contributed by atoms with E-state index in [1.807, 2.05) is 12.1 Å². The van der Waals surface area contributed by atoms with Crippen LogP contribution in [0.3, 0.4) is 0 Å². The number of amides is 1. The minimum atomic E-state index is -3.65. The van der Waals surface area contributed by atoms with Gasteiger partial charge in [0.25, 0.3) is 0 Å². The molecule has 1 fully saturated rings. The normalized spacial score (nSPS) is 16.9. The molecule has 2 aromatic carbocycles. The maximum absolute atomic E-state index is 13.1. The predicted octanol–water partition coefficient (Wildman–Crippen LogP) is 4.01. The van der Waals surface area contributed by atoms with E-state index in [1.165, 1.54) is 28.6 Å². The smallest absolute Gasteiger partial charge is 0.248 e. The van der Waals surface area contributed by atoms with E-state index in [2.05, 4.69) is 11.4 Å². The van der Waals surface area contributed by atoms with Gasteiger partial charge in [-0.25, -0.2) is 8.42 Å². The topological polar surface area (TPSA) is 75.7 Å². The molecule has 0 radical (unpaired) electrons. The quantitative estimate of drug-likeness (QED) is 0.689. The first-order valence-electron chi connectivity index (χ1n) is 10.8. The number of nitrogens with one attached hydrogen (secondary N) is 1. The molecule has 2 aromatic rings. The lowest BCUT2D eigenvalue weighted by Gasteiger charge is -2.26. The first kappa shape index (κ1) is 21.6. The van der Waals surface area contributed by atoms with Crippen LogP contribution < -0.4 is 10.1 Å². The van der Waals surface area contributed by atoms with Crippen LogP contribution in [0.15, 0.2) is 47.4 Å². The number of benzene rings is 2. The Balaban J connectivity index is 1.51. The number of hydrogen-bond acceptors (Lipinski definition) is 4. The molecule has 0 spiro atoms. The molecule has 6 nitrogen and oxygen atoms in total. The molecule has 1 amide bonds. The van der Waals surface area contributed by atoms with Gasteiger partial charge in [0.1, 0.15) is 10.6 Å². The Kier molecular flexibility index (Phi) is 6.43. The van der Waals surface area contributed by atoms with Gasteiger partial charge < -0.3 is 10.1 Å². The third kappa shape index (κ3) is 4.83. The van der Waals surface area contributed by atoms with Crippen LogP contribution in [0.4, 0.5) is 5.69 Å². The third-order valence-corrected chi connectivity index (χ3v) is 7.83. The minimum Gasteiger partial charge on any atom is -0.495 e. The molecule has 1 aliphatic carbocycles. The summed E-state index contributed by atoms with van der Waals surface area (Å²) in [5.74, 6) is 0.0551. The van der Waals surface area contributed by atoms with Gasteiger partial charge in [0, 0.05) is 24.9 Å². The zero-order valence-corrected chi connectivity index (χ0v) is 18.6. The van der Waals surface area contributed by atoms with E-state index in [-0.39, 0.29) is 10.8 Å². The van der Waals surface area contributed by atoms with Gasteiger partial charge in [-0.15, -0.1) is 0 Å². The van der Waals surface area contributed by atoms with Gasteiger partial charge in [0.2, 0.25) is 15.9 Å². The molecular formula is C24H28N2O4S. The van der Waals surface area contributed by atoms with E-state index in [9.17, 15) is 13.2 Å². The molecule has 0 atom stereocenters. The molecule has 1 saturated heterocycles. The number of carbonyl (C=O) groups excluding carboxylic acids is 1. The number of sulfonamides is 1. The minimum absolute atomic E-state index is 0.137. The standard InChI is InChI=1S/C24H28N2O4S/c1-30-22-12-8-18(16-23(22)31(28,29)26-14-3-2-4-15-26)9-13-24(27)25-21-11-10-19-6-5-7-20(19)17-21/h8-13,16-17H,2-7,14-15H2,1H3,(H,25,27). The molecule has 0 saturated carbocycles. The predicted molar refractivity (Wildman–Crippen MR) is 122 cm³/mol. The van der Waals surface area contributed by atoms with E-state index in [0.29, 0.717) is 24.4 Å². The van der Waals surface area contributed by atoms with E-state index >= 15 is 0 Å². The Bertz CT molecular complexity index is 1100. The van der Waals surface area contributed by atoms with Crippen LogP contribution in [0.2, 0.25) is 0 Å². The van der Waals surface area contributed by atoms with Gasteiger partial charge in [0.05, 0.1) is 7.11 Å². The van der Waals surface area contributed by atoms with Crippen LogP contribution in [0.1, 0.15) is 42.4 Å². The van der Waals surface area contributed by atoms with E-state index in [4.69, 9.17) is 4.74 Å². The van der Waals surface area contributed by atoms with Crippen LogP contribution in [0, 0.1) is 0 Å². The second-order valence-corrected chi connectivity index (χ2v) is 9.94. The van der Waals surface area contributed by atoms with Crippen LogP contribution in [0.25, 0.3) is 6.08 Å². The monoisotopic (exact) mass is 440 g/mol. The summed E-state index contributed by atoms with van der Waals surface area (Å²) in [6.07, 6.45) is 9.13. The molecule has 31 heavy (non-hydrogen) atoms. The Labute approximate surface area is 184 Å². The number of carbonyl (C=O) groups is 1. The molecular weight excluding hydrogens is 412 g/mol. The number of methoxy groups -OCH3 is 1. The van der Waals surface area contributed by atoms with Crippen molar-refractivity contribution in [1.29, 1.82) is 0 Å². The first-order valence-corrected chi connectivity index (χ1v) is 12.2. The number of fused-ring (bicyclic) bond motifs is 1. The van der Waals surface area contributed by atoms with Crippen LogP contribution >= 0.6 is 0 Å². The summed E-state index contributed by atoms with van der Waals surface area (Å²) in [6.45, 7) is 1.05. The van der Waals surface area contributed by atoms with Gasteiger partial charge in [-0.3, -0.25) is 4.79 Å². The average Bonchev–Trinajstić information content (AvgIpc) is 3.26. The van der Waals surface area contributed by atoms with Gasteiger partial charge in [0.15, 0.2) is 0 Å². The summed E-state index contributed by atoms with van der Waals surface area (Å²) < 4.78 is 33.1. The van der Waals surface area contributed by atoms with Gasteiger partial charge in [-0.2, -0.15) is 4.31 Å². The van der Waals surface area contributed by atoms with Crippen molar-refractivity contribution in [3.8, 4) is 5.75 Å². The summed E-state index contributed by atoms with van der Waals surface area (Å²) in [5, 5.41) is 2.88. The van der Waals surface area contributed by atoms with Crippen LogP contribution in [0.5, 0.6) is 5.75 Å². The average molecular weight is 441 g/mol. The van der Waals surface area contributed by atoms with Crippen LogP contribution in [-0.2, 0) is 27.7 Å². The van der Waals surface area contributed by atoms with E-state index < -0.39 is 10.0 Å². The van der Waals surface area contributed by atoms with Crippen molar-refractivity contribution in [2.75, 3.05) is 25.5 Å². The van der Waals surface area contributed by atoms with Gasteiger partial charge in [-0.1, -0.05) is 18.6 Å². The highest BCUT2D eigenvalue weighted by Crippen LogP contribution is 2.30. The molecule has 7 heteroatoms. The summed E-state index contributed by atoms with van der Waals surface area (Å²) in [7, 11) is -2.18. The highest BCUT2D eigenvalue weighted by molar-refractivity contribution is 7.89. The number of rotatable bonds is 6. The van der Waals surface area contributed by atoms with Crippen molar-refractivity contribution in [2.45, 2.75) is 43.4 Å². The molecule has 0 bridgehead atoms. The molecule has 0 aromatic heterocycles. The number of ether oxygens (including phenoxy) is 1. The second kappa shape index (κ2) is 9.24. The Morgan fingerprint density at radius 2 is 1.77 bits per heavy atom. The fourth-order valence-electron chi connectivity index (χ4n) is 4.25. The zero-order valence-electron chi connectivity index (χ0n) is 17.8. The maximum atomic E-state index is 13.1. The fraction of sp³-hybridized carbons (Fsp3) is 0.375. The Morgan fingerprint density at radius 3 is 2.55 bits per heavy atom. The summed E-state index contributed by atoms with van der Waals surface area (Å²) in [4.78, 5) is 12.5. The van der Waals surface area contributed by atoms with E-state index in [0.717, 1.165) is 44.2 Å². The van der Waals surface area contributed by atoms with Crippen molar-refractivity contribution in [3.63, 3.8) is 0 Å². The van der Waals surface area contributed by atoms with Crippen molar-refractivity contribution in [1.82, 2.24) is 4.31 Å². The van der Waals surface area contributed by atoms with E-state index in [1.54, 1.807) is 24.3 Å². The number of anilines is 1. The molecule has 1 heterocycles. The van der Waals surface area contributed by atoms with Crippen molar-refractivity contribution < 1.29 is 17.9 Å². The lowest BCUT2D eigenvalue weighted by Crippen LogP contribution is -2.35. The number of aryl methyl sites for hydroxylation is 2.